The lowest BCUT2D eigenvalue weighted by molar-refractivity contribution is -0.643. The maximum atomic E-state index is 12.6. The normalized spacial score (nSPS) is 10.6. The Morgan fingerprint density at radius 1 is 1.10 bits per heavy atom. The highest BCUT2D eigenvalue weighted by atomic mass is 35.5. The van der Waals surface area contributed by atoms with Crippen LogP contribution < -0.4 is 10.6 Å². The smallest absolute Gasteiger partial charge is 0.341 e. The quantitative estimate of drug-likeness (QED) is 0.388. The van der Waals surface area contributed by atoms with E-state index in [1.54, 1.807) is 19.1 Å². The van der Waals surface area contributed by atoms with Crippen molar-refractivity contribution >= 4 is 39.8 Å². The number of ether oxygens (including phenoxy) is 1. The fourth-order valence-electron chi connectivity index (χ4n) is 3.02. The number of hydrogen-bond donors (Lipinski definition) is 2. The number of carbonyl (C=O) groups is 2. The molecule has 5 nitrogen and oxygen atoms in total. The summed E-state index contributed by atoms with van der Waals surface area (Å²) in [4.78, 5) is 25.0. The van der Waals surface area contributed by atoms with Gasteiger partial charge >= 0.3 is 5.97 Å². The summed E-state index contributed by atoms with van der Waals surface area (Å²) in [5, 5.41) is 7.80. The molecule has 0 saturated heterocycles. The molecule has 3 N–H and O–H groups in total. The van der Waals surface area contributed by atoms with Crippen LogP contribution in [0.15, 0.2) is 60.0 Å². The van der Waals surface area contributed by atoms with Crippen LogP contribution in [0.5, 0.6) is 0 Å². The Labute approximate surface area is 185 Å². The van der Waals surface area contributed by atoms with Gasteiger partial charge in [0.15, 0.2) is 6.54 Å². The molecule has 3 aromatic rings. The van der Waals surface area contributed by atoms with E-state index in [-0.39, 0.29) is 19.1 Å². The predicted molar refractivity (Wildman–Crippen MR) is 121 cm³/mol. The van der Waals surface area contributed by atoms with Crippen LogP contribution in [0.25, 0.3) is 11.1 Å². The first-order valence-corrected chi connectivity index (χ1v) is 11.0. The molecule has 3 rings (SSSR count). The molecule has 0 aliphatic carbocycles. The zero-order chi connectivity index (χ0) is 21.3. The molecule has 0 aliphatic rings. The van der Waals surface area contributed by atoms with Crippen LogP contribution in [-0.2, 0) is 16.0 Å². The summed E-state index contributed by atoms with van der Waals surface area (Å²) in [5.74, 6) is -0.606. The molecule has 7 heteroatoms. The van der Waals surface area contributed by atoms with E-state index in [0.717, 1.165) is 24.1 Å². The summed E-state index contributed by atoms with van der Waals surface area (Å²) in [6, 6.07) is 17.4. The topological polar surface area (TPSA) is 72.0 Å². The van der Waals surface area contributed by atoms with Crippen LogP contribution in [0.3, 0.4) is 0 Å². The second-order valence-electron chi connectivity index (χ2n) is 6.65. The molecule has 0 fully saturated rings. The van der Waals surface area contributed by atoms with Crippen LogP contribution in [0.1, 0.15) is 22.8 Å². The van der Waals surface area contributed by atoms with Crippen molar-refractivity contribution in [1.82, 2.24) is 0 Å². The number of rotatable bonds is 9. The second-order valence-corrected chi connectivity index (χ2v) is 7.96. The van der Waals surface area contributed by atoms with E-state index in [4.69, 9.17) is 16.3 Å². The van der Waals surface area contributed by atoms with Crippen molar-refractivity contribution in [3.63, 3.8) is 0 Å². The molecule has 1 heterocycles. The third-order valence-electron chi connectivity index (χ3n) is 4.49. The number of benzene rings is 2. The van der Waals surface area contributed by atoms with E-state index >= 15 is 0 Å². The van der Waals surface area contributed by atoms with Gasteiger partial charge in [0.2, 0.25) is 0 Å². The number of amides is 1. The molecule has 0 spiro atoms. The summed E-state index contributed by atoms with van der Waals surface area (Å²) in [7, 11) is 0. The molecule has 0 atom stereocenters. The minimum absolute atomic E-state index is 0.155. The Bertz CT molecular complexity index is 987. The Morgan fingerprint density at radius 2 is 1.83 bits per heavy atom. The summed E-state index contributed by atoms with van der Waals surface area (Å²) < 4.78 is 5.22. The number of nitrogens with two attached hydrogens (primary N) is 1. The number of halogens is 1. The fraction of sp³-hybridized carbons (Fsp3) is 0.217. The van der Waals surface area contributed by atoms with Gasteiger partial charge in [-0.05, 0) is 30.2 Å². The van der Waals surface area contributed by atoms with Crippen molar-refractivity contribution < 1.29 is 19.6 Å². The van der Waals surface area contributed by atoms with Crippen LogP contribution in [-0.4, -0.2) is 31.6 Å². The summed E-state index contributed by atoms with van der Waals surface area (Å²) >= 11 is 7.29. The standard InChI is InChI=1S/C23H23ClN2O3S/c1-2-29-23(28)21-19(17-8-10-18(24)11-9-17)15-30-22(21)26-20(27)14-25-13-12-16-6-4-3-5-7-16/h3-11,15,25H,2,12-14H2,1H3,(H,26,27)/p+1. The van der Waals surface area contributed by atoms with E-state index in [9.17, 15) is 9.59 Å². The maximum absolute atomic E-state index is 12.6. The number of nitrogens with one attached hydrogen (secondary N) is 1. The first kappa shape index (κ1) is 22.0. The highest BCUT2D eigenvalue weighted by Crippen LogP contribution is 2.36. The Kier molecular flexibility index (Phi) is 8.02. The van der Waals surface area contributed by atoms with Crippen molar-refractivity contribution in [3.8, 4) is 11.1 Å². The van der Waals surface area contributed by atoms with Crippen molar-refractivity contribution in [3.05, 3.63) is 76.1 Å². The molecule has 0 radical (unpaired) electrons. The average Bonchev–Trinajstić information content (AvgIpc) is 3.16. The third kappa shape index (κ3) is 5.92. The number of thiophene rings is 1. The molecule has 0 aliphatic heterocycles. The predicted octanol–water partition coefficient (Wildman–Crippen LogP) is 3.99. The van der Waals surface area contributed by atoms with Gasteiger partial charge < -0.3 is 15.4 Å². The monoisotopic (exact) mass is 443 g/mol. The van der Waals surface area contributed by atoms with Gasteiger partial charge in [-0.3, -0.25) is 4.79 Å². The minimum atomic E-state index is -0.452. The van der Waals surface area contributed by atoms with E-state index in [1.807, 2.05) is 41.0 Å². The Morgan fingerprint density at radius 3 is 2.53 bits per heavy atom. The van der Waals surface area contributed by atoms with Gasteiger partial charge in [0, 0.05) is 22.4 Å². The number of anilines is 1. The first-order valence-electron chi connectivity index (χ1n) is 9.78. The summed E-state index contributed by atoms with van der Waals surface area (Å²) in [6.07, 6.45) is 0.891. The maximum Gasteiger partial charge on any atom is 0.341 e. The van der Waals surface area contributed by atoms with E-state index < -0.39 is 5.97 Å². The van der Waals surface area contributed by atoms with Gasteiger partial charge in [-0.1, -0.05) is 54.1 Å². The van der Waals surface area contributed by atoms with Crippen LogP contribution in [0.4, 0.5) is 5.00 Å². The first-order chi connectivity index (χ1) is 14.6. The molecular formula is C23H24ClN2O3S+. The molecule has 0 bridgehead atoms. The highest BCUT2D eigenvalue weighted by molar-refractivity contribution is 7.15. The van der Waals surface area contributed by atoms with Gasteiger partial charge in [-0.2, -0.15) is 0 Å². The lowest BCUT2D eigenvalue weighted by Crippen LogP contribution is -2.86. The highest BCUT2D eigenvalue weighted by Gasteiger charge is 2.23. The number of quaternary nitrogens is 1. The van der Waals surface area contributed by atoms with Crippen molar-refractivity contribution in [1.29, 1.82) is 0 Å². The number of carbonyl (C=O) groups excluding carboxylic acids is 2. The second kappa shape index (κ2) is 10.9. The largest absolute Gasteiger partial charge is 0.462 e. The molecule has 156 valence electrons. The third-order valence-corrected chi connectivity index (χ3v) is 5.64. The van der Waals surface area contributed by atoms with Gasteiger partial charge in [0.05, 0.1) is 13.2 Å². The van der Waals surface area contributed by atoms with Gasteiger partial charge in [0.1, 0.15) is 10.6 Å². The average molecular weight is 444 g/mol. The van der Waals surface area contributed by atoms with Crippen molar-refractivity contribution in [2.24, 2.45) is 0 Å². The van der Waals surface area contributed by atoms with Crippen molar-refractivity contribution in [2.75, 3.05) is 25.0 Å². The fourth-order valence-corrected chi connectivity index (χ4v) is 4.12. The summed E-state index contributed by atoms with van der Waals surface area (Å²) in [6.45, 7) is 3.10. The zero-order valence-electron chi connectivity index (χ0n) is 16.7. The van der Waals surface area contributed by atoms with Crippen LogP contribution in [0, 0.1) is 0 Å². The molecule has 2 aromatic carbocycles. The minimum Gasteiger partial charge on any atom is -0.462 e. The zero-order valence-corrected chi connectivity index (χ0v) is 18.3. The van der Waals surface area contributed by atoms with Gasteiger partial charge in [-0.25, -0.2) is 4.79 Å². The molecule has 1 amide bonds. The Balaban J connectivity index is 1.66. The lowest BCUT2D eigenvalue weighted by Gasteiger charge is -2.09. The number of esters is 1. The number of hydrogen-bond acceptors (Lipinski definition) is 4. The van der Waals surface area contributed by atoms with Crippen LogP contribution in [0.2, 0.25) is 5.02 Å². The summed E-state index contributed by atoms with van der Waals surface area (Å²) in [5.41, 5.74) is 3.18. The molecule has 30 heavy (non-hydrogen) atoms. The lowest BCUT2D eigenvalue weighted by atomic mass is 10.0. The van der Waals surface area contributed by atoms with Crippen molar-refractivity contribution in [2.45, 2.75) is 13.3 Å². The van der Waals surface area contributed by atoms with Gasteiger partial charge in [-0.15, -0.1) is 11.3 Å². The van der Waals surface area contributed by atoms with Gasteiger partial charge in [0.25, 0.3) is 5.91 Å². The molecule has 1 aromatic heterocycles. The Hall–Kier alpha value is -2.67. The SMILES string of the molecule is CCOC(=O)c1c(-c2ccc(Cl)cc2)csc1NC(=O)C[NH2+]CCc1ccccc1. The van der Waals surface area contributed by atoms with E-state index in [1.165, 1.54) is 16.9 Å². The molecule has 0 unspecified atom stereocenters. The van der Waals surface area contributed by atoms with E-state index in [0.29, 0.717) is 15.6 Å². The van der Waals surface area contributed by atoms with E-state index in [2.05, 4.69) is 17.4 Å². The molecular weight excluding hydrogens is 420 g/mol. The van der Waals surface area contributed by atoms with Crippen LogP contribution >= 0.6 is 22.9 Å². The molecule has 0 saturated carbocycles.